The predicted molar refractivity (Wildman–Crippen MR) is 88.5 cm³/mol. The van der Waals surface area contributed by atoms with Gasteiger partial charge in [-0.1, -0.05) is 37.3 Å². The molecule has 2 rings (SSSR count). The van der Waals surface area contributed by atoms with E-state index in [1.807, 2.05) is 0 Å². The second-order valence-electron chi connectivity index (χ2n) is 7.09. The first-order valence-electron chi connectivity index (χ1n) is 7.98. The second kappa shape index (κ2) is 6.47. The summed E-state index contributed by atoms with van der Waals surface area (Å²) in [5, 5.41) is 3.75. The zero-order valence-electron chi connectivity index (χ0n) is 14.1. The van der Waals surface area contributed by atoms with Gasteiger partial charge in [-0.3, -0.25) is 4.90 Å². The van der Waals surface area contributed by atoms with Crippen molar-refractivity contribution in [1.29, 1.82) is 0 Å². The zero-order chi connectivity index (χ0) is 15.5. The van der Waals surface area contributed by atoms with Crippen molar-refractivity contribution in [1.82, 2.24) is 10.2 Å². The quantitative estimate of drug-likeness (QED) is 0.901. The lowest BCUT2D eigenvalue weighted by Gasteiger charge is -2.48. The van der Waals surface area contributed by atoms with Crippen LogP contribution in [0.5, 0.6) is 0 Å². The molecule has 1 aromatic rings. The fourth-order valence-electron chi connectivity index (χ4n) is 3.05. The molecule has 0 aliphatic carbocycles. The first-order chi connectivity index (χ1) is 9.89. The van der Waals surface area contributed by atoms with Gasteiger partial charge in [0.15, 0.2) is 0 Å². The van der Waals surface area contributed by atoms with Crippen molar-refractivity contribution in [2.45, 2.75) is 51.3 Å². The lowest BCUT2D eigenvalue weighted by molar-refractivity contribution is -0.0359. The summed E-state index contributed by atoms with van der Waals surface area (Å²) in [5.41, 5.74) is 1.45. The first kappa shape index (κ1) is 16.5. The van der Waals surface area contributed by atoms with Crippen molar-refractivity contribution in [3.05, 3.63) is 35.9 Å². The minimum atomic E-state index is -0.126. The molecule has 1 aliphatic heterocycles. The maximum atomic E-state index is 5.66. The van der Waals surface area contributed by atoms with Crippen LogP contribution in [0.3, 0.4) is 0 Å². The average Bonchev–Trinajstić information content (AvgIpc) is 2.48. The molecule has 1 N–H and O–H groups in total. The Morgan fingerprint density at radius 2 is 2.00 bits per heavy atom. The Morgan fingerprint density at radius 1 is 1.33 bits per heavy atom. The van der Waals surface area contributed by atoms with E-state index in [-0.39, 0.29) is 11.1 Å². The third-order valence-electron chi connectivity index (χ3n) is 4.82. The van der Waals surface area contributed by atoms with E-state index in [0.717, 1.165) is 26.1 Å². The fourth-order valence-corrected chi connectivity index (χ4v) is 3.05. The molecule has 3 nitrogen and oxygen atoms in total. The molecule has 0 amide bonds. The molecule has 2 atom stereocenters. The van der Waals surface area contributed by atoms with E-state index in [4.69, 9.17) is 4.74 Å². The Kier molecular flexibility index (Phi) is 5.07. The number of ether oxygens (including phenoxy) is 1. The average molecular weight is 290 g/mol. The summed E-state index contributed by atoms with van der Waals surface area (Å²) in [6.07, 6.45) is 1.14. The lowest BCUT2D eigenvalue weighted by atomic mass is 9.90. The van der Waals surface area contributed by atoms with Crippen LogP contribution in [0.1, 0.15) is 45.7 Å². The van der Waals surface area contributed by atoms with Crippen molar-refractivity contribution >= 4 is 0 Å². The van der Waals surface area contributed by atoms with Gasteiger partial charge in [0.25, 0.3) is 0 Å². The molecule has 21 heavy (non-hydrogen) atoms. The fraction of sp³-hybridized carbons (Fsp3) is 0.667. The Balaban J connectivity index is 2.22. The summed E-state index contributed by atoms with van der Waals surface area (Å²) in [6.45, 7) is 11.9. The van der Waals surface area contributed by atoms with Crippen molar-refractivity contribution in [3.8, 4) is 0 Å². The largest absolute Gasteiger partial charge is 0.377 e. The monoisotopic (exact) mass is 290 g/mol. The van der Waals surface area contributed by atoms with E-state index in [1.165, 1.54) is 5.56 Å². The van der Waals surface area contributed by atoms with Crippen LogP contribution in [-0.2, 0) is 4.74 Å². The smallest absolute Gasteiger partial charge is 0.0749 e. The Hall–Kier alpha value is -0.900. The summed E-state index contributed by atoms with van der Waals surface area (Å²) in [7, 11) is 1.80. The minimum Gasteiger partial charge on any atom is -0.377 e. The third-order valence-corrected chi connectivity index (χ3v) is 4.82. The van der Waals surface area contributed by atoms with Crippen molar-refractivity contribution < 1.29 is 4.74 Å². The van der Waals surface area contributed by atoms with E-state index >= 15 is 0 Å². The summed E-state index contributed by atoms with van der Waals surface area (Å²) in [5.74, 6) is 0. The molecule has 118 valence electrons. The van der Waals surface area contributed by atoms with Crippen LogP contribution in [-0.4, -0.2) is 42.8 Å². The molecule has 1 fully saturated rings. The van der Waals surface area contributed by atoms with E-state index in [0.29, 0.717) is 6.04 Å². The number of methoxy groups -OCH3 is 1. The van der Waals surface area contributed by atoms with Gasteiger partial charge in [-0.05, 0) is 32.8 Å². The van der Waals surface area contributed by atoms with Gasteiger partial charge in [-0.2, -0.15) is 0 Å². The van der Waals surface area contributed by atoms with Crippen LogP contribution in [0.2, 0.25) is 0 Å². The van der Waals surface area contributed by atoms with Gasteiger partial charge in [0, 0.05) is 38.3 Å². The van der Waals surface area contributed by atoms with Crippen LogP contribution >= 0.6 is 0 Å². The van der Waals surface area contributed by atoms with Gasteiger partial charge in [0.1, 0.15) is 0 Å². The lowest BCUT2D eigenvalue weighted by Crippen LogP contribution is -2.61. The van der Waals surface area contributed by atoms with Gasteiger partial charge in [-0.15, -0.1) is 0 Å². The van der Waals surface area contributed by atoms with Crippen LogP contribution in [0.4, 0.5) is 0 Å². The van der Waals surface area contributed by atoms with Crippen LogP contribution in [0, 0.1) is 0 Å². The normalized spacial score (nSPS) is 27.8. The van der Waals surface area contributed by atoms with Gasteiger partial charge in [0.2, 0.25) is 0 Å². The van der Waals surface area contributed by atoms with Gasteiger partial charge < -0.3 is 10.1 Å². The highest BCUT2D eigenvalue weighted by molar-refractivity contribution is 5.21. The molecule has 1 aliphatic rings. The second-order valence-corrected chi connectivity index (χ2v) is 7.09. The van der Waals surface area contributed by atoms with Crippen LogP contribution in [0.25, 0.3) is 0 Å². The molecule has 0 spiro atoms. The molecule has 0 bridgehead atoms. The SMILES string of the molecule is CCC1(C)CN(CC(C)(C)OC)C(c2ccccc2)CN1. The van der Waals surface area contributed by atoms with Crippen molar-refractivity contribution in [2.75, 3.05) is 26.7 Å². The first-order valence-corrected chi connectivity index (χ1v) is 7.98. The highest BCUT2D eigenvalue weighted by Crippen LogP contribution is 2.30. The topological polar surface area (TPSA) is 24.5 Å². The molecule has 1 saturated heterocycles. The third kappa shape index (κ3) is 4.06. The van der Waals surface area contributed by atoms with Crippen LogP contribution in [0.15, 0.2) is 30.3 Å². The Bertz CT molecular complexity index is 444. The molecule has 0 aromatic heterocycles. The van der Waals surface area contributed by atoms with Crippen LogP contribution < -0.4 is 5.32 Å². The maximum absolute atomic E-state index is 5.66. The van der Waals surface area contributed by atoms with E-state index in [1.54, 1.807) is 7.11 Å². The molecular formula is C18H30N2O. The van der Waals surface area contributed by atoms with Gasteiger partial charge in [0.05, 0.1) is 5.60 Å². The van der Waals surface area contributed by atoms with E-state index in [9.17, 15) is 0 Å². The molecule has 3 heteroatoms. The Labute approximate surface area is 129 Å². The summed E-state index contributed by atoms with van der Waals surface area (Å²) in [4.78, 5) is 2.58. The molecule has 0 saturated carbocycles. The summed E-state index contributed by atoms with van der Waals surface area (Å²) >= 11 is 0. The molecule has 1 heterocycles. The molecule has 2 unspecified atom stereocenters. The Morgan fingerprint density at radius 3 is 2.57 bits per heavy atom. The number of nitrogens with one attached hydrogen (secondary N) is 1. The van der Waals surface area contributed by atoms with Crippen molar-refractivity contribution in [2.24, 2.45) is 0 Å². The van der Waals surface area contributed by atoms with Gasteiger partial charge in [-0.25, -0.2) is 0 Å². The van der Waals surface area contributed by atoms with E-state index < -0.39 is 0 Å². The van der Waals surface area contributed by atoms with E-state index in [2.05, 4.69) is 68.2 Å². The number of nitrogens with zero attached hydrogens (tertiary/aromatic N) is 1. The molecule has 0 radical (unpaired) electrons. The summed E-state index contributed by atoms with van der Waals surface area (Å²) < 4.78 is 5.66. The highest BCUT2D eigenvalue weighted by atomic mass is 16.5. The summed E-state index contributed by atoms with van der Waals surface area (Å²) in [6, 6.07) is 11.2. The standard InChI is InChI=1S/C18H30N2O/c1-6-18(4)14-20(13-17(2,3)21-5)16(12-19-18)15-10-8-7-9-11-15/h7-11,16,19H,6,12-14H2,1-5H3. The highest BCUT2D eigenvalue weighted by Gasteiger charge is 2.37. The molecule has 1 aromatic carbocycles. The predicted octanol–water partition coefficient (Wildman–Crippen LogP) is 3.23. The number of benzene rings is 1. The van der Waals surface area contributed by atoms with Gasteiger partial charge >= 0.3 is 0 Å². The number of piperazine rings is 1. The number of rotatable bonds is 5. The zero-order valence-corrected chi connectivity index (χ0v) is 14.1. The molecular weight excluding hydrogens is 260 g/mol. The minimum absolute atomic E-state index is 0.126. The number of hydrogen-bond acceptors (Lipinski definition) is 3. The number of hydrogen-bond donors (Lipinski definition) is 1. The maximum Gasteiger partial charge on any atom is 0.0749 e. The van der Waals surface area contributed by atoms with Crippen molar-refractivity contribution in [3.63, 3.8) is 0 Å².